The first-order valence-electron chi connectivity index (χ1n) is 42.2. The quantitative estimate of drug-likeness (QED) is 0.0183. The van der Waals surface area contributed by atoms with Crippen molar-refractivity contribution in [3.05, 3.63) is 0 Å². The van der Waals surface area contributed by atoms with E-state index < -0.39 is 154 Å². The van der Waals surface area contributed by atoms with Gasteiger partial charge in [0.15, 0.2) is 18.9 Å². The van der Waals surface area contributed by atoms with E-state index in [1.165, 1.54) is 25.7 Å². The lowest BCUT2D eigenvalue weighted by Crippen LogP contribution is -2.64. The van der Waals surface area contributed by atoms with Crippen molar-refractivity contribution in [2.24, 2.45) is 5.92 Å². The summed E-state index contributed by atoms with van der Waals surface area (Å²) < 4.78 is 76.0. The summed E-state index contributed by atoms with van der Waals surface area (Å²) in [4.78, 5) is 117. The second-order valence-corrected chi connectivity index (χ2v) is 33.5. The van der Waals surface area contributed by atoms with Gasteiger partial charge in [-0.25, -0.2) is 4.57 Å². The van der Waals surface area contributed by atoms with Gasteiger partial charge in [-0.1, -0.05) is 82.9 Å². The lowest BCUT2D eigenvalue weighted by atomic mass is 9.95. The van der Waals surface area contributed by atoms with Crippen molar-refractivity contribution in [2.45, 2.75) is 292 Å². The van der Waals surface area contributed by atoms with Crippen molar-refractivity contribution >= 4 is 72.2 Å². The van der Waals surface area contributed by atoms with Crippen LogP contribution < -0.4 is 42.5 Å². The topological polar surface area (TPSA) is 574 Å². The zero-order valence-electron chi connectivity index (χ0n) is 69.6. The normalized spacial score (nSPS) is 24.9. The van der Waals surface area contributed by atoms with E-state index in [2.05, 4.69) is 54.8 Å². The SMILES string of the molecule is CC(=O)NC1C(OCCCCCCNC(=O)CCOCC(COCCC(=O)NCCCCCCOC2OC(CO)C(O)C(O)C2NC(C)=O)(COCCC(=O)NCCCCCCOC2OC(CO)C(O)C(O)C2NC(C)=O)NC(=O)C2CN(C(=O)CCCC(=O)NCCCCCCOP(=O)(S)OCCCCCCCO)C2)OC(CO)C(O)C1O. The molecule has 4 aliphatic heterocycles. The number of aliphatic hydroxyl groups is 10. The molecular formula is C77H140N9O31PS. The third kappa shape index (κ3) is 43.4. The Bertz CT molecular complexity index is 2740. The van der Waals surface area contributed by atoms with Gasteiger partial charge in [-0.3, -0.25) is 43.2 Å². The monoisotopic (exact) mass is 1750 g/mol. The molecule has 16 atom stereocenters. The minimum Gasteiger partial charge on any atom is -0.396 e. The molecule has 0 radical (unpaired) electrons. The lowest BCUT2D eigenvalue weighted by Gasteiger charge is -2.42. The first-order chi connectivity index (χ1) is 57.1. The molecule has 0 aromatic carbocycles. The second-order valence-electron chi connectivity index (χ2n) is 30.6. The molecule has 0 aliphatic carbocycles. The number of amides is 9. The maximum atomic E-state index is 14.4. The first kappa shape index (κ1) is 106. The predicted octanol–water partition coefficient (Wildman–Crippen LogP) is -1.71. The van der Waals surface area contributed by atoms with Gasteiger partial charge >= 0.3 is 6.80 Å². The maximum absolute atomic E-state index is 14.4. The Kier molecular flexibility index (Phi) is 54.8. The highest BCUT2D eigenvalue weighted by atomic mass is 32.7. The highest BCUT2D eigenvalue weighted by Gasteiger charge is 2.49. The van der Waals surface area contributed by atoms with Crippen molar-refractivity contribution in [2.75, 3.05) is 138 Å². The molecule has 0 aromatic heterocycles. The van der Waals surface area contributed by atoms with Gasteiger partial charge in [0.2, 0.25) is 53.2 Å². The van der Waals surface area contributed by atoms with Crippen LogP contribution in [0.4, 0.5) is 0 Å². The number of likely N-dealkylation sites (tertiary alicyclic amines) is 1. The molecule has 40 nitrogen and oxygen atoms in total. The number of nitrogens with one attached hydrogen (secondary N) is 8. The number of carbonyl (C=O) groups is 9. The zero-order valence-corrected chi connectivity index (χ0v) is 71.4. The molecular weight excluding hydrogens is 1610 g/mol. The van der Waals surface area contributed by atoms with Gasteiger partial charge < -0.3 is 150 Å². The number of carbonyl (C=O) groups excluding carboxylic acids is 9. The number of nitrogens with zero attached hydrogens (tertiary/aromatic N) is 1. The van der Waals surface area contributed by atoms with E-state index in [-0.39, 0.29) is 160 Å². The number of thiol groups is 1. The van der Waals surface area contributed by atoms with Crippen LogP contribution in [0.15, 0.2) is 0 Å². The average molecular weight is 1750 g/mol. The number of hydrogen-bond donors (Lipinski definition) is 19. The van der Waals surface area contributed by atoms with E-state index in [4.69, 9.17) is 56.8 Å². The summed E-state index contributed by atoms with van der Waals surface area (Å²) in [5.41, 5.74) is -1.50. The Balaban J connectivity index is 1.33. The number of unbranched alkanes of at least 4 members (excludes halogenated alkanes) is 16. The summed E-state index contributed by atoms with van der Waals surface area (Å²) in [5, 5.41) is 123. The van der Waals surface area contributed by atoms with Crippen LogP contribution in [0.5, 0.6) is 0 Å². The Hall–Kier alpha value is -5.03. The molecule has 119 heavy (non-hydrogen) atoms. The van der Waals surface area contributed by atoms with Gasteiger partial charge in [0.05, 0.1) is 78.6 Å². The van der Waals surface area contributed by atoms with Crippen LogP contribution in [0, 0.1) is 5.92 Å². The summed E-state index contributed by atoms with van der Waals surface area (Å²) in [5.74, 6) is -4.10. The van der Waals surface area contributed by atoms with Crippen molar-refractivity contribution in [3.8, 4) is 0 Å². The highest BCUT2D eigenvalue weighted by molar-refractivity contribution is 8.44. The number of rotatable bonds is 67. The average Bonchev–Trinajstić information content (AvgIpc) is 0.824. The standard InChI is InChI=1S/C77H140N9O31PS/c1-52(91)82-64-70(102)67(99)56(46-88)115-74(64)110-36-20-11-5-15-32-79-60(95)28-41-107-49-77(50-108-42-29-61(96)80-33-16-6-12-21-37-111-75-65(83-53(2)92)71(103)68(100)57(47-89)116-75,51-109-43-30-62(97)81-34-17-7-13-22-38-112-76-66(84-54(3)93)72(104)69(101)58(48-90)117-76)85-73(105)55-44-86(45-55)63(98)27-25-26-59(94)78-31-18-8-14-24-40-114-118(106,119)113-39-23-10-4-9-19-35-87/h55-58,64-72,74-76,87-90,99-104H,4-51H2,1-3H3,(H,78,94)(H,79,95)(H,80,96)(H,81,97)(H,82,91)(H,83,92)(H,84,93)(H,85,105)(H,106,119). The maximum Gasteiger partial charge on any atom is 0.386 e. The lowest BCUT2D eigenvalue weighted by molar-refractivity contribution is -0.270. The molecule has 4 aliphatic rings. The van der Waals surface area contributed by atoms with Crippen molar-refractivity contribution in [1.82, 2.24) is 47.4 Å². The van der Waals surface area contributed by atoms with E-state index in [0.29, 0.717) is 122 Å². The molecule has 0 saturated carbocycles. The second kappa shape index (κ2) is 61.3. The highest BCUT2D eigenvalue weighted by Crippen LogP contribution is 2.53. The van der Waals surface area contributed by atoms with Gasteiger partial charge in [-0.2, -0.15) is 0 Å². The van der Waals surface area contributed by atoms with E-state index in [0.717, 1.165) is 38.5 Å². The Morgan fingerprint density at radius 2 is 0.697 bits per heavy atom. The minimum atomic E-state index is -3.46. The van der Waals surface area contributed by atoms with Gasteiger partial charge in [0, 0.05) is 119 Å². The van der Waals surface area contributed by atoms with Crippen LogP contribution in [-0.4, -0.2) is 345 Å². The summed E-state index contributed by atoms with van der Waals surface area (Å²) in [6, 6.07) is -3.22. The van der Waals surface area contributed by atoms with Crippen molar-refractivity contribution in [3.63, 3.8) is 0 Å². The fourth-order valence-electron chi connectivity index (χ4n) is 13.5. The fraction of sp³-hybridized carbons (Fsp3) is 0.883. The van der Waals surface area contributed by atoms with Crippen LogP contribution in [0.3, 0.4) is 0 Å². The summed E-state index contributed by atoms with van der Waals surface area (Å²) in [6.07, 6.45) is -0.773. The molecule has 0 aromatic rings. The van der Waals surface area contributed by atoms with Crippen LogP contribution in [-0.2, 0) is 99.4 Å². The molecule has 0 spiro atoms. The fourth-order valence-corrected chi connectivity index (χ4v) is 14.7. The largest absolute Gasteiger partial charge is 0.396 e. The predicted molar refractivity (Wildman–Crippen MR) is 430 cm³/mol. The van der Waals surface area contributed by atoms with E-state index in [1.54, 1.807) is 0 Å². The van der Waals surface area contributed by atoms with Gasteiger partial charge in [0.1, 0.15) is 78.6 Å². The summed E-state index contributed by atoms with van der Waals surface area (Å²) in [7, 11) is 0. The number of ether oxygens (including phenoxy) is 9. The van der Waals surface area contributed by atoms with Gasteiger partial charge in [-0.15, -0.1) is 0 Å². The van der Waals surface area contributed by atoms with Crippen molar-refractivity contribution < 1.29 is 150 Å². The smallest absolute Gasteiger partial charge is 0.386 e. The molecule has 42 heteroatoms. The molecule has 0 bridgehead atoms. The van der Waals surface area contributed by atoms with Crippen LogP contribution in [0.25, 0.3) is 0 Å². The number of aliphatic hydroxyl groups excluding tert-OH is 10. The van der Waals surface area contributed by atoms with Crippen molar-refractivity contribution in [1.29, 1.82) is 0 Å². The Morgan fingerprint density at radius 3 is 1.02 bits per heavy atom. The molecule has 16 unspecified atom stereocenters. The molecule has 690 valence electrons. The first-order valence-corrected chi connectivity index (χ1v) is 44.9. The van der Waals surface area contributed by atoms with Crippen LogP contribution >= 0.6 is 19.0 Å². The number of hydrogen-bond acceptors (Lipinski definition) is 31. The van der Waals surface area contributed by atoms with Crippen LogP contribution in [0.2, 0.25) is 0 Å². The molecule has 9 amide bonds. The van der Waals surface area contributed by atoms with E-state index in [9.17, 15) is 93.7 Å². The summed E-state index contributed by atoms with van der Waals surface area (Å²) >= 11 is 4.06. The van der Waals surface area contributed by atoms with Gasteiger partial charge in [-0.05, 0) is 70.6 Å². The van der Waals surface area contributed by atoms with Crippen LogP contribution in [0.1, 0.15) is 194 Å². The molecule has 4 fully saturated rings. The third-order valence-electron chi connectivity index (χ3n) is 20.3. The van der Waals surface area contributed by atoms with E-state index >= 15 is 0 Å². The minimum absolute atomic E-state index is 0.0514. The van der Waals surface area contributed by atoms with Gasteiger partial charge in [0.25, 0.3) is 0 Å². The Morgan fingerprint density at radius 1 is 0.395 bits per heavy atom. The van der Waals surface area contributed by atoms with E-state index in [1.807, 2.05) is 0 Å². The molecule has 4 rings (SSSR count). The third-order valence-corrected chi connectivity index (χ3v) is 22.0. The molecule has 4 saturated heterocycles. The molecule has 18 N–H and O–H groups in total. The summed E-state index contributed by atoms with van der Waals surface area (Å²) in [6.45, 7) is -0.0981. The Labute approximate surface area is 703 Å². The molecule has 4 heterocycles. The zero-order chi connectivity index (χ0) is 87.4.